The quantitative estimate of drug-likeness (QED) is 0.653. The number of rotatable bonds is 4. The Kier molecular flexibility index (Phi) is 4.74. The molecule has 0 spiro atoms. The van der Waals surface area contributed by atoms with Crippen molar-refractivity contribution in [1.82, 2.24) is 5.32 Å². The van der Waals surface area contributed by atoms with Crippen molar-refractivity contribution >= 4 is 17.3 Å². The van der Waals surface area contributed by atoms with Crippen molar-refractivity contribution in [3.05, 3.63) is 28.3 Å². The Balaban J connectivity index is 2.15. The number of hydrogen-bond acceptors (Lipinski definition) is 5. The first kappa shape index (κ1) is 15.2. The molecule has 0 bridgehead atoms. The van der Waals surface area contributed by atoms with E-state index in [9.17, 15) is 14.9 Å². The smallest absolute Gasteiger partial charge is 0.271 e. The highest BCUT2D eigenvalue weighted by molar-refractivity contribution is 5.96. The van der Waals surface area contributed by atoms with Gasteiger partial charge in [0, 0.05) is 12.1 Å². The summed E-state index contributed by atoms with van der Waals surface area (Å²) in [7, 11) is 1.46. The number of carbonyl (C=O) groups excluding carboxylic acids is 1. The van der Waals surface area contributed by atoms with Crippen LogP contribution in [0.3, 0.4) is 0 Å². The van der Waals surface area contributed by atoms with E-state index in [2.05, 4.69) is 17.6 Å². The number of nitro groups is 1. The zero-order valence-corrected chi connectivity index (χ0v) is 12.1. The molecule has 114 valence electrons. The van der Waals surface area contributed by atoms with Gasteiger partial charge in [-0.3, -0.25) is 14.9 Å². The fourth-order valence-electron chi connectivity index (χ4n) is 2.43. The van der Waals surface area contributed by atoms with E-state index in [1.165, 1.54) is 25.3 Å². The highest BCUT2D eigenvalue weighted by Crippen LogP contribution is 2.29. The van der Waals surface area contributed by atoms with Crippen LogP contribution in [-0.2, 0) is 4.79 Å². The zero-order valence-electron chi connectivity index (χ0n) is 12.1. The maximum Gasteiger partial charge on any atom is 0.271 e. The lowest BCUT2D eigenvalue weighted by atomic mass is 9.94. The van der Waals surface area contributed by atoms with E-state index in [1.807, 2.05) is 0 Å². The third kappa shape index (κ3) is 3.69. The first-order valence-electron chi connectivity index (χ1n) is 6.88. The van der Waals surface area contributed by atoms with Gasteiger partial charge in [0.25, 0.3) is 5.69 Å². The average Bonchev–Trinajstić information content (AvgIpc) is 2.47. The third-order valence-corrected chi connectivity index (χ3v) is 3.63. The molecule has 1 aliphatic rings. The number of nitrogens with one attached hydrogen (secondary N) is 2. The van der Waals surface area contributed by atoms with Crippen molar-refractivity contribution in [2.24, 2.45) is 5.92 Å². The van der Waals surface area contributed by atoms with Gasteiger partial charge in [0.1, 0.15) is 5.75 Å². The summed E-state index contributed by atoms with van der Waals surface area (Å²) in [6, 6.07) is 3.85. The molecule has 1 saturated heterocycles. The van der Waals surface area contributed by atoms with Crippen LogP contribution in [-0.4, -0.2) is 30.5 Å². The van der Waals surface area contributed by atoms with Crippen LogP contribution in [0.25, 0.3) is 0 Å². The van der Waals surface area contributed by atoms with E-state index in [-0.39, 0.29) is 17.6 Å². The van der Waals surface area contributed by atoms with E-state index in [4.69, 9.17) is 4.74 Å². The molecule has 0 saturated carbocycles. The second-order valence-electron chi connectivity index (χ2n) is 5.27. The number of amides is 1. The van der Waals surface area contributed by atoms with E-state index in [1.54, 1.807) is 0 Å². The van der Waals surface area contributed by atoms with Crippen molar-refractivity contribution in [2.75, 3.05) is 19.0 Å². The number of methoxy groups -OCH3 is 1. The summed E-state index contributed by atoms with van der Waals surface area (Å²) in [5.74, 6) is 0.687. The lowest BCUT2D eigenvalue weighted by molar-refractivity contribution is -0.384. The Hall–Kier alpha value is -2.15. The molecule has 0 aliphatic carbocycles. The minimum Gasteiger partial charge on any atom is -0.495 e. The molecule has 1 amide bonds. The van der Waals surface area contributed by atoms with Crippen LogP contribution in [0, 0.1) is 16.0 Å². The van der Waals surface area contributed by atoms with E-state index < -0.39 is 4.92 Å². The van der Waals surface area contributed by atoms with Gasteiger partial charge in [-0.05, 0) is 31.4 Å². The number of carbonyl (C=O) groups is 1. The molecular formula is C14H19N3O4. The van der Waals surface area contributed by atoms with Gasteiger partial charge < -0.3 is 15.4 Å². The third-order valence-electron chi connectivity index (χ3n) is 3.63. The lowest BCUT2D eigenvalue weighted by Gasteiger charge is -2.27. The number of nitro benzene ring substituents is 1. The standard InChI is InChI=1S/C14H19N3O4/c1-9-5-6-15-12(7-9)14(18)16-11-8-10(17(19)20)3-4-13(11)21-2/h3-4,8-9,12,15H,5-7H2,1-2H3,(H,16,18). The second-order valence-corrected chi connectivity index (χ2v) is 5.27. The van der Waals surface area contributed by atoms with E-state index in [0.29, 0.717) is 17.4 Å². The highest BCUT2D eigenvalue weighted by Gasteiger charge is 2.25. The van der Waals surface area contributed by atoms with Gasteiger partial charge in [-0.15, -0.1) is 0 Å². The number of ether oxygens (including phenoxy) is 1. The molecule has 21 heavy (non-hydrogen) atoms. The van der Waals surface area contributed by atoms with Crippen LogP contribution in [0.15, 0.2) is 18.2 Å². The molecule has 1 aromatic rings. The van der Waals surface area contributed by atoms with Crippen molar-refractivity contribution in [1.29, 1.82) is 0 Å². The topological polar surface area (TPSA) is 93.5 Å². The Bertz CT molecular complexity index is 547. The molecular weight excluding hydrogens is 274 g/mol. The van der Waals surface area contributed by atoms with Crippen LogP contribution in [0.5, 0.6) is 5.75 Å². The van der Waals surface area contributed by atoms with Gasteiger partial charge in [0.15, 0.2) is 0 Å². The van der Waals surface area contributed by atoms with E-state index >= 15 is 0 Å². The molecule has 1 fully saturated rings. The number of benzene rings is 1. The summed E-state index contributed by atoms with van der Waals surface area (Å²) in [6.07, 6.45) is 1.80. The molecule has 0 radical (unpaired) electrons. The minimum atomic E-state index is -0.504. The fraction of sp³-hybridized carbons (Fsp3) is 0.500. The van der Waals surface area contributed by atoms with Gasteiger partial charge in [-0.2, -0.15) is 0 Å². The van der Waals surface area contributed by atoms with Crippen LogP contribution < -0.4 is 15.4 Å². The maximum atomic E-state index is 12.3. The highest BCUT2D eigenvalue weighted by atomic mass is 16.6. The SMILES string of the molecule is COc1ccc([N+](=O)[O-])cc1NC(=O)C1CC(C)CCN1. The number of nitrogens with zero attached hydrogens (tertiary/aromatic N) is 1. The predicted octanol–water partition coefficient (Wildman–Crippen LogP) is 1.93. The maximum absolute atomic E-state index is 12.3. The van der Waals surface area contributed by atoms with Crippen LogP contribution >= 0.6 is 0 Å². The summed E-state index contributed by atoms with van der Waals surface area (Å²) in [4.78, 5) is 22.6. The van der Waals surface area contributed by atoms with Crippen LogP contribution in [0.1, 0.15) is 19.8 Å². The molecule has 7 nitrogen and oxygen atoms in total. The zero-order chi connectivity index (χ0) is 15.4. The molecule has 2 unspecified atom stereocenters. The normalized spacial score (nSPS) is 21.6. The first-order valence-corrected chi connectivity index (χ1v) is 6.88. The van der Waals surface area contributed by atoms with Gasteiger partial charge in [-0.25, -0.2) is 0 Å². The largest absolute Gasteiger partial charge is 0.495 e. The second kappa shape index (κ2) is 6.53. The molecule has 7 heteroatoms. The van der Waals surface area contributed by atoms with Crippen LogP contribution in [0.4, 0.5) is 11.4 Å². The number of non-ortho nitro benzene ring substituents is 1. The molecule has 2 rings (SSSR count). The van der Waals surface area contributed by atoms with Gasteiger partial charge in [0.05, 0.1) is 23.8 Å². The average molecular weight is 293 g/mol. The molecule has 0 aromatic heterocycles. The van der Waals surface area contributed by atoms with Gasteiger partial charge >= 0.3 is 0 Å². The Labute approximate surface area is 122 Å². The minimum absolute atomic E-state index is 0.0870. The van der Waals surface area contributed by atoms with Crippen molar-refractivity contribution in [2.45, 2.75) is 25.8 Å². The number of hydrogen-bond donors (Lipinski definition) is 2. The van der Waals surface area contributed by atoms with Crippen molar-refractivity contribution in [3.8, 4) is 5.75 Å². The first-order chi connectivity index (χ1) is 10.0. The summed E-state index contributed by atoms with van der Waals surface area (Å²) >= 11 is 0. The lowest BCUT2D eigenvalue weighted by Crippen LogP contribution is -2.45. The number of piperidine rings is 1. The molecule has 1 aliphatic heterocycles. The van der Waals surface area contributed by atoms with Gasteiger partial charge in [0.2, 0.25) is 5.91 Å². The monoisotopic (exact) mass is 293 g/mol. The van der Waals surface area contributed by atoms with Crippen molar-refractivity contribution < 1.29 is 14.5 Å². The molecule has 1 heterocycles. The molecule has 2 N–H and O–H groups in total. The fourth-order valence-corrected chi connectivity index (χ4v) is 2.43. The van der Waals surface area contributed by atoms with Crippen LogP contribution in [0.2, 0.25) is 0 Å². The van der Waals surface area contributed by atoms with Gasteiger partial charge in [-0.1, -0.05) is 6.92 Å². The van der Waals surface area contributed by atoms with E-state index in [0.717, 1.165) is 19.4 Å². The molecule has 1 aromatic carbocycles. The number of anilines is 1. The Morgan fingerprint density at radius 2 is 2.29 bits per heavy atom. The van der Waals surface area contributed by atoms with Crippen molar-refractivity contribution in [3.63, 3.8) is 0 Å². The molecule has 2 atom stereocenters. The Morgan fingerprint density at radius 3 is 2.90 bits per heavy atom. The summed E-state index contributed by atoms with van der Waals surface area (Å²) < 4.78 is 5.13. The Morgan fingerprint density at radius 1 is 1.52 bits per heavy atom. The summed E-state index contributed by atoms with van der Waals surface area (Å²) in [5.41, 5.74) is 0.229. The summed E-state index contributed by atoms with van der Waals surface area (Å²) in [6.45, 7) is 2.90. The predicted molar refractivity (Wildman–Crippen MR) is 78.5 cm³/mol. The summed E-state index contributed by atoms with van der Waals surface area (Å²) in [5, 5.41) is 16.7.